The average Bonchev–Trinajstić information content (AvgIpc) is 3.07. The molecule has 0 spiro atoms. The monoisotopic (exact) mass is 258 g/mol. The van der Waals surface area contributed by atoms with E-state index in [4.69, 9.17) is 5.73 Å². The van der Waals surface area contributed by atoms with Crippen molar-refractivity contribution in [2.24, 2.45) is 5.73 Å². The lowest BCUT2D eigenvalue weighted by Gasteiger charge is -2.22. The number of amides is 1. The molecule has 1 amide bonds. The summed E-state index contributed by atoms with van der Waals surface area (Å²) in [6.45, 7) is 0.451. The van der Waals surface area contributed by atoms with Crippen LogP contribution in [-0.4, -0.2) is 29.9 Å². The molecule has 1 aromatic rings. The smallest absolute Gasteiger partial charge is 0.260 e. The molecule has 0 unspecified atom stereocenters. The van der Waals surface area contributed by atoms with Gasteiger partial charge in [0, 0.05) is 31.3 Å². The number of nitrogens with zero attached hydrogens (tertiary/aromatic N) is 1. The minimum atomic E-state index is -1.18. The Morgan fingerprint density at radius 2 is 1.83 bits per heavy atom. The molecule has 0 saturated heterocycles. The molecule has 6 heteroatoms. The first-order valence-electron chi connectivity index (χ1n) is 5.70. The first-order valence-corrected chi connectivity index (χ1v) is 5.70. The van der Waals surface area contributed by atoms with Crippen molar-refractivity contribution in [3.05, 3.63) is 35.1 Å². The van der Waals surface area contributed by atoms with Gasteiger partial charge in [-0.3, -0.25) is 4.79 Å². The van der Waals surface area contributed by atoms with Crippen LogP contribution in [0.1, 0.15) is 23.2 Å². The summed E-state index contributed by atoms with van der Waals surface area (Å²) < 4.78 is 39.7. The highest BCUT2D eigenvalue weighted by Crippen LogP contribution is 2.29. The van der Waals surface area contributed by atoms with Crippen LogP contribution in [0, 0.1) is 17.5 Å². The number of hydrogen-bond donors (Lipinski definition) is 1. The largest absolute Gasteiger partial charge is 0.334 e. The zero-order valence-corrected chi connectivity index (χ0v) is 9.63. The highest BCUT2D eigenvalue weighted by atomic mass is 19.1. The second-order valence-corrected chi connectivity index (χ2v) is 4.26. The van der Waals surface area contributed by atoms with Crippen LogP contribution in [0.4, 0.5) is 13.2 Å². The Bertz CT molecular complexity index is 451. The fourth-order valence-corrected chi connectivity index (χ4v) is 1.87. The second-order valence-electron chi connectivity index (χ2n) is 4.26. The molecule has 98 valence electrons. The summed E-state index contributed by atoms with van der Waals surface area (Å²) in [6.07, 6.45) is 1.60. The van der Waals surface area contributed by atoms with Crippen molar-refractivity contribution < 1.29 is 18.0 Å². The van der Waals surface area contributed by atoms with Gasteiger partial charge in [0.05, 0.1) is 0 Å². The zero-order valence-electron chi connectivity index (χ0n) is 9.63. The van der Waals surface area contributed by atoms with Crippen LogP contribution >= 0.6 is 0 Å². The maximum atomic E-state index is 13.5. The summed E-state index contributed by atoms with van der Waals surface area (Å²) in [5, 5.41) is 0. The first-order chi connectivity index (χ1) is 8.54. The molecular weight excluding hydrogens is 245 g/mol. The van der Waals surface area contributed by atoms with Crippen LogP contribution in [0.3, 0.4) is 0 Å². The Balaban J connectivity index is 2.32. The molecule has 0 atom stereocenters. The summed E-state index contributed by atoms with van der Waals surface area (Å²) in [6, 6.07) is 0.998. The lowest BCUT2D eigenvalue weighted by Crippen LogP contribution is -2.38. The highest BCUT2D eigenvalue weighted by molar-refractivity contribution is 5.95. The molecule has 18 heavy (non-hydrogen) atoms. The number of hydrogen-bond acceptors (Lipinski definition) is 2. The lowest BCUT2D eigenvalue weighted by atomic mass is 10.1. The lowest BCUT2D eigenvalue weighted by molar-refractivity contribution is 0.0738. The van der Waals surface area contributed by atoms with E-state index in [2.05, 4.69) is 0 Å². The van der Waals surface area contributed by atoms with Crippen molar-refractivity contribution in [3.8, 4) is 0 Å². The number of benzene rings is 1. The van der Waals surface area contributed by atoms with Crippen molar-refractivity contribution >= 4 is 5.91 Å². The zero-order chi connectivity index (χ0) is 13.3. The van der Waals surface area contributed by atoms with Gasteiger partial charge in [-0.2, -0.15) is 0 Å². The third-order valence-corrected chi connectivity index (χ3v) is 2.84. The molecule has 1 aliphatic rings. The topological polar surface area (TPSA) is 46.3 Å². The maximum absolute atomic E-state index is 13.5. The van der Waals surface area contributed by atoms with E-state index in [-0.39, 0.29) is 19.1 Å². The number of carbonyl (C=O) groups excluding carboxylic acids is 1. The van der Waals surface area contributed by atoms with Gasteiger partial charge in [-0.05, 0) is 12.8 Å². The van der Waals surface area contributed by atoms with Crippen LogP contribution in [-0.2, 0) is 0 Å². The van der Waals surface area contributed by atoms with E-state index in [0.717, 1.165) is 12.8 Å². The molecule has 3 nitrogen and oxygen atoms in total. The molecule has 0 heterocycles. The third kappa shape index (κ3) is 2.48. The Labute approximate surface area is 102 Å². The Hall–Kier alpha value is -1.56. The van der Waals surface area contributed by atoms with Gasteiger partial charge in [-0.15, -0.1) is 0 Å². The summed E-state index contributed by atoms with van der Waals surface area (Å²) in [4.78, 5) is 13.4. The number of nitrogens with two attached hydrogens (primary N) is 1. The normalized spacial score (nSPS) is 14.7. The molecule has 2 rings (SSSR count). The van der Waals surface area contributed by atoms with Crippen molar-refractivity contribution in [1.29, 1.82) is 0 Å². The van der Waals surface area contributed by atoms with Gasteiger partial charge in [0.15, 0.2) is 0 Å². The summed E-state index contributed by atoms with van der Waals surface area (Å²) >= 11 is 0. The predicted molar refractivity (Wildman–Crippen MR) is 59.4 cm³/mol. The molecule has 2 N–H and O–H groups in total. The van der Waals surface area contributed by atoms with E-state index < -0.39 is 28.9 Å². The molecular formula is C12H13F3N2O. The van der Waals surface area contributed by atoms with Gasteiger partial charge in [-0.1, -0.05) is 0 Å². The minimum absolute atomic E-state index is 0.00935. The van der Waals surface area contributed by atoms with Gasteiger partial charge in [0.1, 0.15) is 23.0 Å². The SMILES string of the molecule is NCCN(C(=O)c1c(F)cc(F)cc1F)C1CC1. The predicted octanol–water partition coefficient (Wildman–Crippen LogP) is 1.67. The first kappa shape index (κ1) is 12.9. The van der Waals surface area contributed by atoms with Gasteiger partial charge in [0.2, 0.25) is 0 Å². The highest BCUT2D eigenvalue weighted by Gasteiger charge is 2.34. The summed E-state index contributed by atoms with van der Waals surface area (Å²) in [7, 11) is 0. The maximum Gasteiger partial charge on any atom is 0.260 e. The fourth-order valence-electron chi connectivity index (χ4n) is 1.87. The Kier molecular flexibility index (Phi) is 3.56. The van der Waals surface area contributed by atoms with Crippen LogP contribution < -0.4 is 5.73 Å². The van der Waals surface area contributed by atoms with E-state index in [1.54, 1.807) is 0 Å². The summed E-state index contributed by atoms with van der Waals surface area (Å²) in [5.41, 5.74) is 4.66. The Morgan fingerprint density at radius 3 is 2.28 bits per heavy atom. The third-order valence-electron chi connectivity index (χ3n) is 2.84. The molecule has 1 fully saturated rings. The van der Waals surface area contributed by atoms with Gasteiger partial charge in [0.25, 0.3) is 5.91 Å². The average molecular weight is 258 g/mol. The van der Waals surface area contributed by atoms with Gasteiger partial charge in [-0.25, -0.2) is 13.2 Å². The van der Waals surface area contributed by atoms with E-state index >= 15 is 0 Å². The number of carbonyl (C=O) groups is 1. The van der Waals surface area contributed by atoms with E-state index in [1.165, 1.54) is 4.90 Å². The molecule has 0 aliphatic heterocycles. The van der Waals surface area contributed by atoms with Crippen LogP contribution in [0.25, 0.3) is 0 Å². The molecule has 1 aliphatic carbocycles. The van der Waals surface area contributed by atoms with E-state index in [1.807, 2.05) is 0 Å². The Morgan fingerprint density at radius 1 is 1.28 bits per heavy atom. The van der Waals surface area contributed by atoms with Crippen LogP contribution in [0.2, 0.25) is 0 Å². The second kappa shape index (κ2) is 4.97. The van der Waals surface area contributed by atoms with Crippen LogP contribution in [0.15, 0.2) is 12.1 Å². The van der Waals surface area contributed by atoms with Crippen molar-refractivity contribution in [3.63, 3.8) is 0 Å². The molecule has 0 aromatic heterocycles. The molecule has 0 bridgehead atoms. The van der Waals surface area contributed by atoms with Gasteiger partial charge >= 0.3 is 0 Å². The molecule has 0 radical (unpaired) electrons. The van der Waals surface area contributed by atoms with Gasteiger partial charge < -0.3 is 10.6 Å². The fraction of sp³-hybridized carbons (Fsp3) is 0.417. The van der Waals surface area contributed by atoms with E-state index in [9.17, 15) is 18.0 Å². The quantitative estimate of drug-likeness (QED) is 0.893. The summed E-state index contributed by atoms with van der Waals surface area (Å²) in [5.74, 6) is -4.17. The number of rotatable bonds is 4. The van der Waals surface area contributed by atoms with Crippen molar-refractivity contribution in [2.45, 2.75) is 18.9 Å². The minimum Gasteiger partial charge on any atom is -0.334 e. The van der Waals surface area contributed by atoms with E-state index in [0.29, 0.717) is 12.1 Å². The van der Waals surface area contributed by atoms with Crippen LogP contribution in [0.5, 0.6) is 0 Å². The van der Waals surface area contributed by atoms with Crippen molar-refractivity contribution in [2.75, 3.05) is 13.1 Å². The number of halogens is 3. The molecule has 1 saturated carbocycles. The standard InChI is InChI=1S/C12H13F3N2O/c13-7-5-9(14)11(10(15)6-7)12(18)17(4-3-16)8-1-2-8/h5-6,8H,1-4,16H2. The van der Waals surface area contributed by atoms with Crippen molar-refractivity contribution in [1.82, 2.24) is 4.90 Å². The molecule has 1 aromatic carbocycles.